The Kier molecular flexibility index (Phi) is 4.79. The summed E-state index contributed by atoms with van der Waals surface area (Å²) in [5.74, 6) is 0.0701. The summed E-state index contributed by atoms with van der Waals surface area (Å²) in [5.41, 5.74) is 4.24. The van der Waals surface area contributed by atoms with E-state index in [1.807, 2.05) is 6.92 Å². The van der Waals surface area contributed by atoms with Crippen LogP contribution < -0.4 is 14.4 Å². The highest BCUT2D eigenvalue weighted by molar-refractivity contribution is 7.92. The Balaban J connectivity index is 1.52. The minimum atomic E-state index is -3.52. The number of anilines is 1. The van der Waals surface area contributed by atoms with Crippen molar-refractivity contribution in [2.75, 3.05) is 17.1 Å². The molecular weight excluding hydrogens is 376 g/mol. The monoisotopic (exact) mass is 400 g/mol. The highest BCUT2D eigenvalue weighted by atomic mass is 32.2. The lowest BCUT2D eigenvalue weighted by Gasteiger charge is -2.34. The first-order valence-electron chi connectivity index (χ1n) is 9.48. The van der Waals surface area contributed by atoms with Crippen LogP contribution in [0.1, 0.15) is 36.1 Å². The number of rotatable bonds is 4. The first-order valence-corrected chi connectivity index (χ1v) is 11.3. The number of carbonyl (C=O) groups is 1. The summed E-state index contributed by atoms with van der Waals surface area (Å²) in [6.07, 6.45) is 3.61. The molecule has 4 rings (SSSR count). The fourth-order valence-electron chi connectivity index (χ4n) is 3.90. The quantitative estimate of drug-likeness (QED) is 0.856. The second-order valence-electron chi connectivity index (χ2n) is 7.48. The number of para-hydroxylation sites is 2. The van der Waals surface area contributed by atoms with Crippen molar-refractivity contribution in [1.82, 2.24) is 5.32 Å². The number of benzene rings is 2. The van der Waals surface area contributed by atoms with Crippen LogP contribution in [0.4, 0.5) is 5.69 Å². The molecule has 0 bridgehead atoms. The number of nitrogens with zero attached hydrogens (tertiary/aromatic N) is 1. The average molecular weight is 401 g/mol. The molecule has 0 spiro atoms. The Morgan fingerprint density at radius 1 is 1.18 bits per heavy atom. The van der Waals surface area contributed by atoms with E-state index in [0.29, 0.717) is 11.4 Å². The number of hydrogen-bond donors (Lipinski definition) is 1. The Morgan fingerprint density at radius 2 is 1.93 bits per heavy atom. The van der Waals surface area contributed by atoms with Gasteiger partial charge in [0.05, 0.1) is 24.5 Å². The van der Waals surface area contributed by atoms with E-state index in [4.69, 9.17) is 4.74 Å². The second-order valence-corrected chi connectivity index (χ2v) is 9.39. The number of amides is 1. The predicted molar refractivity (Wildman–Crippen MR) is 108 cm³/mol. The van der Waals surface area contributed by atoms with Crippen LogP contribution in [0.5, 0.6) is 5.75 Å². The van der Waals surface area contributed by atoms with Crippen molar-refractivity contribution >= 4 is 21.6 Å². The highest BCUT2D eigenvalue weighted by Gasteiger charge is 2.35. The third kappa shape index (κ3) is 3.58. The molecule has 1 aliphatic heterocycles. The molecule has 0 radical (unpaired) electrons. The Bertz CT molecular complexity index is 1020. The number of carbonyl (C=O) groups excluding carboxylic acids is 1. The molecule has 2 aromatic rings. The van der Waals surface area contributed by atoms with E-state index < -0.39 is 16.1 Å². The zero-order chi connectivity index (χ0) is 19.9. The van der Waals surface area contributed by atoms with Gasteiger partial charge in [-0.3, -0.25) is 9.10 Å². The molecule has 1 aliphatic carbocycles. The van der Waals surface area contributed by atoms with E-state index in [-0.39, 0.29) is 18.5 Å². The van der Waals surface area contributed by atoms with Crippen LogP contribution in [0.3, 0.4) is 0 Å². The van der Waals surface area contributed by atoms with E-state index in [9.17, 15) is 13.2 Å². The molecule has 1 amide bonds. The van der Waals surface area contributed by atoms with Crippen LogP contribution in [0, 0.1) is 0 Å². The SMILES string of the molecule is C[C@@H](NC(=O)[C@H]1CN(S(C)(=O)=O)c2ccccc2O1)c1ccc2c(c1)CCC2. The number of sulfonamides is 1. The molecule has 2 aromatic carbocycles. The number of ether oxygens (including phenoxy) is 1. The molecule has 0 unspecified atom stereocenters. The predicted octanol–water partition coefficient (Wildman–Crippen LogP) is 2.58. The van der Waals surface area contributed by atoms with Gasteiger partial charge in [0.2, 0.25) is 10.0 Å². The lowest BCUT2D eigenvalue weighted by atomic mass is 10.0. The largest absolute Gasteiger partial charge is 0.476 e. The van der Waals surface area contributed by atoms with Gasteiger partial charge in [0.15, 0.2) is 6.10 Å². The van der Waals surface area contributed by atoms with Crippen LogP contribution in [-0.4, -0.2) is 33.2 Å². The van der Waals surface area contributed by atoms with Gasteiger partial charge in [-0.05, 0) is 55.0 Å². The first-order chi connectivity index (χ1) is 13.3. The molecule has 2 atom stereocenters. The molecule has 1 heterocycles. The van der Waals surface area contributed by atoms with Gasteiger partial charge in [0.25, 0.3) is 5.91 Å². The van der Waals surface area contributed by atoms with Crippen molar-refractivity contribution < 1.29 is 17.9 Å². The van der Waals surface area contributed by atoms with Gasteiger partial charge in [-0.25, -0.2) is 8.42 Å². The van der Waals surface area contributed by atoms with Crippen LogP contribution in [0.2, 0.25) is 0 Å². The minimum Gasteiger partial charge on any atom is -0.476 e. The fraction of sp³-hybridized carbons (Fsp3) is 0.381. The van der Waals surface area contributed by atoms with E-state index in [1.165, 1.54) is 21.9 Å². The number of fused-ring (bicyclic) bond motifs is 2. The molecule has 0 fully saturated rings. The third-order valence-electron chi connectivity index (χ3n) is 5.41. The molecule has 2 aliphatic rings. The molecule has 0 saturated heterocycles. The lowest BCUT2D eigenvalue weighted by Crippen LogP contribution is -2.50. The van der Waals surface area contributed by atoms with Crippen molar-refractivity contribution in [2.24, 2.45) is 0 Å². The van der Waals surface area contributed by atoms with Crippen LogP contribution in [0.15, 0.2) is 42.5 Å². The fourth-order valence-corrected chi connectivity index (χ4v) is 4.82. The van der Waals surface area contributed by atoms with E-state index in [1.54, 1.807) is 24.3 Å². The normalized spacial score (nSPS) is 19.4. The molecule has 148 valence electrons. The standard InChI is InChI=1S/C21H24N2O4S/c1-14(16-11-10-15-6-5-7-17(15)12-16)22-21(24)20-13-23(28(2,25)26)18-8-3-4-9-19(18)27-20/h3-4,8-12,14,20H,5-7,13H2,1-2H3,(H,22,24)/t14-,20-/m1/s1. The topological polar surface area (TPSA) is 75.7 Å². The van der Waals surface area contributed by atoms with Crippen molar-refractivity contribution in [1.29, 1.82) is 0 Å². The van der Waals surface area contributed by atoms with Crippen molar-refractivity contribution in [3.8, 4) is 5.75 Å². The second kappa shape index (κ2) is 7.13. The van der Waals surface area contributed by atoms with Crippen LogP contribution >= 0.6 is 0 Å². The van der Waals surface area contributed by atoms with Crippen molar-refractivity contribution in [3.05, 3.63) is 59.2 Å². The van der Waals surface area contributed by atoms with Gasteiger partial charge in [-0.2, -0.15) is 0 Å². The molecule has 0 saturated carbocycles. The summed E-state index contributed by atoms with van der Waals surface area (Å²) in [6, 6.07) is 13.0. The summed E-state index contributed by atoms with van der Waals surface area (Å²) in [7, 11) is -3.52. The maximum atomic E-state index is 12.8. The van der Waals surface area contributed by atoms with E-state index >= 15 is 0 Å². The zero-order valence-electron chi connectivity index (χ0n) is 16.0. The molecule has 7 heteroatoms. The number of aryl methyl sites for hydroxylation is 2. The summed E-state index contributed by atoms with van der Waals surface area (Å²) in [4.78, 5) is 12.8. The van der Waals surface area contributed by atoms with Crippen LogP contribution in [0.25, 0.3) is 0 Å². The van der Waals surface area contributed by atoms with Crippen molar-refractivity contribution in [3.63, 3.8) is 0 Å². The number of nitrogens with one attached hydrogen (secondary N) is 1. The summed E-state index contributed by atoms with van der Waals surface area (Å²) < 4.78 is 31.5. The minimum absolute atomic E-state index is 0.0431. The van der Waals surface area contributed by atoms with Gasteiger partial charge in [0.1, 0.15) is 5.75 Å². The van der Waals surface area contributed by atoms with Gasteiger partial charge in [-0.1, -0.05) is 30.3 Å². The number of hydrogen-bond acceptors (Lipinski definition) is 4. The summed E-state index contributed by atoms with van der Waals surface area (Å²) in [6.45, 7) is 1.89. The highest BCUT2D eigenvalue weighted by Crippen LogP contribution is 2.34. The molecule has 1 N–H and O–H groups in total. The maximum absolute atomic E-state index is 12.8. The Labute approximate surface area is 165 Å². The summed E-state index contributed by atoms with van der Waals surface area (Å²) >= 11 is 0. The zero-order valence-corrected chi connectivity index (χ0v) is 16.8. The van der Waals surface area contributed by atoms with Gasteiger partial charge < -0.3 is 10.1 Å². The Morgan fingerprint density at radius 3 is 2.71 bits per heavy atom. The molecule has 6 nitrogen and oxygen atoms in total. The molecular formula is C21H24N2O4S. The average Bonchev–Trinajstić information content (AvgIpc) is 3.14. The first kappa shape index (κ1) is 18.8. The van der Waals surface area contributed by atoms with E-state index in [2.05, 4.69) is 23.5 Å². The van der Waals surface area contributed by atoms with Crippen molar-refractivity contribution in [2.45, 2.75) is 38.3 Å². The van der Waals surface area contributed by atoms with Gasteiger partial charge in [-0.15, -0.1) is 0 Å². The Hall–Kier alpha value is -2.54. The van der Waals surface area contributed by atoms with Gasteiger partial charge in [0, 0.05) is 0 Å². The van der Waals surface area contributed by atoms with E-state index in [0.717, 1.165) is 24.7 Å². The smallest absolute Gasteiger partial charge is 0.263 e. The maximum Gasteiger partial charge on any atom is 0.263 e. The molecule has 28 heavy (non-hydrogen) atoms. The van der Waals surface area contributed by atoms with Crippen LogP contribution in [-0.2, 0) is 27.7 Å². The molecule has 0 aromatic heterocycles. The summed E-state index contributed by atoms with van der Waals surface area (Å²) in [5, 5.41) is 2.97. The van der Waals surface area contributed by atoms with Gasteiger partial charge >= 0.3 is 0 Å². The lowest BCUT2D eigenvalue weighted by molar-refractivity contribution is -0.128. The third-order valence-corrected chi connectivity index (χ3v) is 6.56.